The van der Waals surface area contributed by atoms with Gasteiger partial charge in [0, 0.05) is 42.8 Å². The van der Waals surface area contributed by atoms with E-state index >= 15 is 0 Å². The second kappa shape index (κ2) is 12.2. The molecule has 10 nitrogen and oxygen atoms in total. The van der Waals surface area contributed by atoms with Gasteiger partial charge < -0.3 is 28.7 Å². The zero-order chi connectivity index (χ0) is 27.2. The lowest BCUT2D eigenvalue weighted by molar-refractivity contribution is -0.320. The number of aromatic amines is 1. The van der Waals surface area contributed by atoms with Gasteiger partial charge in [-0.05, 0) is 31.9 Å². The van der Waals surface area contributed by atoms with Crippen molar-refractivity contribution in [2.45, 2.75) is 96.9 Å². The van der Waals surface area contributed by atoms with E-state index in [1.54, 1.807) is 27.7 Å². The van der Waals surface area contributed by atoms with Crippen LogP contribution in [0, 0.1) is 0 Å². The third kappa shape index (κ3) is 6.49. The first-order chi connectivity index (χ1) is 17.6. The van der Waals surface area contributed by atoms with E-state index in [-0.39, 0.29) is 25.7 Å². The van der Waals surface area contributed by atoms with Crippen LogP contribution in [0.1, 0.15) is 65.9 Å². The normalized spacial score (nSPS) is 25.3. The van der Waals surface area contributed by atoms with E-state index in [2.05, 4.69) is 4.98 Å². The second-order valence-corrected chi connectivity index (χ2v) is 9.10. The Morgan fingerprint density at radius 1 is 0.892 bits per heavy atom. The van der Waals surface area contributed by atoms with Crippen molar-refractivity contribution < 1.29 is 42.9 Å². The van der Waals surface area contributed by atoms with Crippen LogP contribution in [0.5, 0.6) is 0 Å². The molecule has 1 fully saturated rings. The lowest BCUT2D eigenvalue weighted by Crippen LogP contribution is -2.68. The van der Waals surface area contributed by atoms with Gasteiger partial charge >= 0.3 is 23.9 Å². The van der Waals surface area contributed by atoms with Crippen molar-refractivity contribution in [2.75, 3.05) is 0 Å². The van der Waals surface area contributed by atoms with E-state index in [0.29, 0.717) is 6.42 Å². The molecule has 0 bridgehead atoms. The van der Waals surface area contributed by atoms with Gasteiger partial charge in [0.15, 0.2) is 11.7 Å². The van der Waals surface area contributed by atoms with Gasteiger partial charge in [-0.1, -0.05) is 39.0 Å². The van der Waals surface area contributed by atoms with E-state index in [1.165, 1.54) is 6.92 Å². The molecule has 1 aliphatic heterocycles. The number of nitrogens with one attached hydrogen (secondary N) is 1. The minimum atomic E-state index is -1.66. The zero-order valence-electron chi connectivity index (χ0n) is 21.9. The number of benzene rings is 1. The number of H-pyrrole nitrogens is 1. The molecule has 0 saturated carbocycles. The van der Waals surface area contributed by atoms with Crippen molar-refractivity contribution in [1.82, 2.24) is 4.98 Å². The summed E-state index contributed by atoms with van der Waals surface area (Å²) < 4.78 is 28.4. The number of aryl methyl sites for hydroxylation is 1. The van der Waals surface area contributed by atoms with Crippen molar-refractivity contribution in [1.29, 1.82) is 0 Å². The van der Waals surface area contributed by atoms with Crippen LogP contribution in [-0.2, 0) is 49.3 Å². The Hall–Kier alpha value is -3.40. The first-order valence-electron chi connectivity index (χ1n) is 12.6. The van der Waals surface area contributed by atoms with Crippen LogP contribution in [0.15, 0.2) is 30.5 Å². The molecule has 1 saturated heterocycles. The minimum Gasteiger partial charge on any atom is -0.455 e. The van der Waals surface area contributed by atoms with Gasteiger partial charge in [-0.15, -0.1) is 0 Å². The van der Waals surface area contributed by atoms with E-state index in [4.69, 9.17) is 23.7 Å². The number of aromatic nitrogens is 1. The number of carbonyl (C=O) groups is 4. The number of esters is 4. The first kappa shape index (κ1) is 28.2. The third-order valence-corrected chi connectivity index (χ3v) is 6.39. The van der Waals surface area contributed by atoms with Gasteiger partial charge in [-0.3, -0.25) is 19.2 Å². The van der Waals surface area contributed by atoms with Crippen LogP contribution in [-0.4, -0.2) is 59.1 Å². The maximum Gasteiger partial charge on any atom is 0.308 e. The number of ether oxygens (including phenoxy) is 5. The minimum absolute atomic E-state index is 0.0184. The topological polar surface area (TPSA) is 130 Å². The highest BCUT2D eigenvalue weighted by Gasteiger charge is 2.60. The molecule has 0 aliphatic carbocycles. The molecule has 202 valence electrons. The van der Waals surface area contributed by atoms with Crippen LogP contribution < -0.4 is 0 Å². The highest BCUT2D eigenvalue weighted by molar-refractivity contribution is 5.83. The Bertz CT molecular complexity index is 1130. The predicted octanol–water partition coefficient (Wildman–Crippen LogP) is 3.74. The Morgan fingerprint density at radius 2 is 1.51 bits per heavy atom. The molecule has 0 amide bonds. The van der Waals surface area contributed by atoms with Crippen molar-refractivity contribution in [3.63, 3.8) is 0 Å². The molecule has 1 N–H and O–H groups in total. The summed E-state index contributed by atoms with van der Waals surface area (Å²) in [5.74, 6) is -2.36. The average Bonchev–Trinajstić information content (AvgIpc) is 3.30. The highest BCUT2D eigenvalue weighted by atomic mass is 16.7. The number of hydrogen-bond acceptors (Lipinski definition) is 9. The lowest BCUT2D eigenvalue weighted by atomic mass is 9.85. The van der Waals surface area contributed by atoms with Gasteiger partial charge in [0.2, 0.25) is 12.4 Å². The molecule has 5 atom stereocenters. The Morgan fingerprint density at radius 3 is 2.16 bits per heavy atom. The average molecular weight is 518 g/mol. The molecule has 2 heterocycles. The van der Waals surface area contributed by atoms with E-state index in [1.807, 2.05) is 30.5 Å². The molecule has 1 aromatic carbocycles. The van der Waals surface area contributed by atoms with E-state index in [0.717, 1.165) is 16.5 Å². The van der Waals surface area contributed by atoms with Crippen molar-refractivity contribution in [3.05, 3.63) is 36.0 Å². The molecule has 2 aromatic rings. The zero-order valence-corrected chi connectivity index (χ0v) is 21.9. The van der Waals surface area contributed by atoms with Gasteiger partial charge in [-0.25, -0.2) is 0 Å². The van der Waals surface area contributed by atoms with Crippen LogP contribution in [0.2, 0.25) is 0 Å². The molecule has 0 unspecified atom stereocenters. The van der Waals surface area contributed by atoms with Gasteiger partial charge in [0.05, 0.1) is 0 Å². The largest absolute Gasteiger partial charge is 0.455 e. The fraction of sp³-hybridized carbons (Fsp3) is 0.556. The standard InChI is InChI=1S/C27H35NO9/c1-6-20(29)34-24-16(4)33-26(25(35-21(30)7-2)27(24,5)37-22(31)8-3)36-23(32)14-13-17-15-28-19-12-10-9-11-18(17)19/h9-12,15-16,24-26,28H,6-8,13-14H2,1-5H3/t16-,24+,25+,26+,27-/m0/s1. The maximum atomic E-state index is 12.9. The molecule has 1 aliphatic rings. The van der Waals surface area contributed by atoms with E-state index in [9.17, 15) is 19.2 Å². The molecular weight excluding hydrogens is 482 g/mol. The first-order valence-corrected chi connectivity index (χ1v) is 12.6. The van der Waals surface area contributed by atoms with Gasteiger partial charge in [0.25, 0.3) is 0 Å². The van der Waals surface area contributed by atoms with Crippen LogP contribution in [0.25, 0.3) is 10.9 Å². The maximum absolute atomic E-state index is 12.9. The summed E-state index contributed by atoms with van der Waals surface area (Å²) in [6.07, 6.45) is -2.28. The SMILES string of the molecule is CCC(=O)O[C@@H]1[C@@H](OC(=O)CCc2c[nH]c3ccccc23)O[C@@H](C)[C@@H](OC(=O)CC)[C@]1(C)OC(=O)CC. The quantitative estimate of drug-likeness (QED) is 0.370. The lowest BCUT2D eigenvalue weighted by Gasteiger charge is -2.49. The summed E-state index contributed by atoms with van der Waals surface area (Å²) in [6, 6.07) is 7.75. The van der Waals surface area contributed by atoms with E-state index < -0.39 is 54.1 Å². The molecule has 0 radical (unpaired) electrons. The Labute approximate surface area is 215 Å². The summed E-state index contributed by atoms with van der Waals surface area (Å²) in [5.41, 5.74) is 0.248. The molecule has 0 spiro atoms. The molecule has 1 aromatic heterocycles. The number of hydrogen-bond donors (Lipinski definition) is 1. The number of carbonyl (C=O) groups excluding carboxylic acids is 4. The van der Waals surface area contributed by atoms with Crippen molar-refractivity contribution in [2.24, 2.45) is 0 Å². The third-order valence-electron chi connectivity index (χ3n) is 6.39. The fourth-order valence-corrected chi connectivity index (χ4v) is 4.37. The summed E-state index contributed by atoms with van der Waals surface area (Å²) in [7, 11) is 0. The van der Waals surface area contributed by atoms with Crippen molar-refractivity contribution >= 4 is 34.8 Å². The summed E-state index contributed by atoms with van der Waals surface area (Å²) in [4.78, 5) is 53.0. The number of para-hydroxylation sites is 1. The molecular formula is C27H35NO9. The molecule has 37 heavy (non-hydrogen) atoms. The highest BCUT2D eigenvalue weighted by Crippen LogP contribution is 2.38. The molecule has 3 rings (SSSR count). The monoisotopic (exact) mass is 517 g/mol. The molecule has 10 heteroatoms. The van der Waals surface area contributed by atoms with Crippen molar-refractivity contribution in [3.8, 4) is 0 Å². The predicted molar refractivity (Wildman–Crippen MR) is 132 cm³/mol. The Balaban J connectivity index is 1.84. The smallest absolute Gasteiger partial charge is 0.308 e. The second-order valence-electron chi connectivity index (χ2n) is 9.10. The van der Waals surface area contributed by atoms with Gasteiger partial charge in [-0.2, -0.15) is 0 Å². The van der Waals surface area contributed by atoms with Crippen LogP contribution in [0.4, 0.5) is 0 Å². The Kier molecular flexibility index (Phi) is 9.31. The summed E-state index contributed by atoms with van der Waals surface area (Å²) in [6.45, 7) is 7.93. The summed E-state index contributed by atoms with van der Waals surface area (Å²) >= 11 is 0. The fourth-order valence-electron chi connectivity index (χ4n) is 4.37. The van der Waals surface area contributed by atoms with Crippen LogP contribution >= 0.6 is 0 Å². The van der Waals surface area contributed by atoms with Gasteiger partial charge in [0.1, 0.15) is 6.10 Å². The number of rotatable bonds is 10. The number of fused-ring (bicyclic) bond motifs is 1. The summed E-state index contributed by atoms with van der Waals surface area (Å²) in [5, 5.41) is 1.01. The van der Waals surface area contributed by atoms with Crippen LogP contribution in [0.3, 0.4) is 0 Å².